The average molecular weight is 261 g/mol. The van der Waals surface area contributed by atoms with Gasteiger partial charge in [0.1, 0.15) is 0 Å². The first-order chi connectivity index (χ1) is 8.19. The van der Waals surface area contributed by atoms with E-state index in [4.69, 9.17) is 5.26 Å². The summed E-state index contributed by atoms with van der Waals surface area (Å²) >= 11 is 5.25. The molecule has 6 heteroatoms. The summed E-state index contributed by atoms with van der Waals surface area (Å²) in [7, 11) is 0. The molecule has 0 bridgehead atoms. The Kier molecular flexibility index (Phi) is 3.52. The first-order valence-corrected chi connectivity index (χ1v) is 5.88. The molecule has 0 aliphatic heterocycles. The van der Waals surface area contributed by atoms with E-state index < -0.39 is 0 Å². The normalized spacial score (nSPS) is 9.88. The Labute approximate surface area is 108 Å². The minimum Gasteiger partial charge on any atom is -0.492 e. The van der Waals surface area contributed by atoms with Crippen LogP contribution in [0.4, 0.5) is 0 Å². The first-order valence-electron chi connectivity index (χ1n) is 4.62. The molecule has 0 aliphatic carbocycles. The Morgan fingerprint density at radius 1 is 1.29 bits per heavy atom. The molecule has 0 amide bonds. The molecular weight excluding hydrogens is 254 g/mol. The van der Waals surface area contributed by atoms with Crippen LogP contribution in [-0.4, -0.2) is 15.1 Å². The minimum atomic E-state index is -0.0978. The van der Waals surface area contributed by atoms with Gasteiger partial charge in [-0.2, -0.15) is 10.2 Å². The number of hydrogen-bond acceptors (Lipinski definition) is 6. The van der Waals surface area contributed by atoms with Crippen LogP contribution in [0.2, 0.25) is 0 Å². The monoisotopic (exact) mass is 261 g/mol. The lowest BCUT2D eigenvalue weighted by Gasteiger charge is -2.03. The van der Waals surface area contributed by atoms with E-state index in [1.165, 1.54) is 18.0 Å². The molecule has 1 aromatic heterocycles. The maximum absolute atomic E-state index is 9.58. The summed E-state index contributed by atoms with van der Waals surface area (Å²) in [4.78, 5) is 9.08. The summed E-state index contributed by atoms with van der Waals surface area (Å²) in [5, 5.41) is 18.5. The molecule has 2 aromatic rings. The minimum absolute atomic E-state index is 0.0978. The van der Waals surface area contributed by atoms with Crippen LogP contribution < -0.4 is 0 Å². The SMILES string of the molecule is N#Cc1ccc(Sc2cnc(S)nc2O)cc1. The third-order valence-corrected chi connectivity index (χ3v) is 3.17. The lowest BCUT2D eigenvalue weighted by Crippen LogP contribution is -1.85. The van der Waals surface area contributed by atoms with Crippen LogP contribution in [0.5, 0.6) is 5.88 Å². The number of nitriles is 1. The number of thiol groups is 1. The number of aromatic hydroxyl groups is 1. The molecule has 2 rings (SSSR count). The van der Waals surface area contributed by atoms with Crippen molar-refractivity contribution in [2.75, 3.05) is 0 Å². The Morgan fingerprint density at radius 2 is 2.00 bits per heavy atom. The van der Waals surface area contributed by atoms with Crippen LogP contribution in [0.1, 0.15) is 5.56 Å². The smallest absolute Gasteiger partial charge is 0.229 e. The van der Waals surface area contributed by atoms with Gasteiger partial charge in [0.25, 0.3) is 0 Å². The zero-order valence-electron chi connectivity index (χ0n) is 8.53. The van der Waals surface area contributed by atoms with Gasteiger partial charge >= 0.3 is 0 Å². The molecule has 17 heavy (non-hydrogen) atoms. The molecule has 0 aliphatic rings. The van der Waals surface area contributed by atoms with Crippen molar-refractivity contribution in [2.24, 2.45) is 0 Å². The van der Waals surface area contributed by atoms with Gasteiger partial charge in [0.2, 0.25) is 5.88 Å². The molecule has 1 heterocycles. The molecule has 0 fully saturated rings. The predicted molar refractivity (Wildman–Crippen MR) is 66.2 cm³/mol. The molecule has 0 saturated heterocycles. The fourth-order valence-electron chi connectivity index (χ4n) is 1.15. The third-order valence-electron chi connectivity index (χ3n) is 1.93. The average Bonchev–Trinajstić information content (AvgIpc) is 2.34. The van der Waals surface area contributed by atoms with E-state index in [-0.39, 0.29) is 11.0 Å². The van der Waals surface area contributed by atoms with Gasteiger partial charge in [-0.3, -0.25) is 0 Å². The Bertz CT molecular complexity index is 578. The molecule has 0 saturated carbocycles. The Balaban J connectivity index is 2.23. The van der Waals surface area contributed by atoms with Crippen molar-refractivity contribution < 1.29 is 5.11 Å². The second kappa shape index (κ2) is 5.08. The van der Waals surface area contributed by atoms with E-state index in [0.717, 1.165) is 4.90 Å². The molecular formula is C11H7N3OS2. The third kappa shape index (κ3) is 2.90. The summed E-state index contributed by atoms with van der Waals surface area (Å²) in [6.07, 6.45) is 1.51. The van der Waals surface area contributed by atoms with Crippen LogP contribution in [0.25, 0.3) is 0 Å². The Morgan fingerprint density at radius 3 is 2.59 bits per heavy atom. The van der Waals surface area contributed by atoms with Gasteiger partial charge in [0.05, 0.1) is 16.5 Å². The van der Waals surface area contributed by atoms with Gasteiger partial charge in [-0.25, -0.2) is 4.98 Å². The van der Waals surface area contributed by atoms with Gasteiger partial charge in [-0.05, 0) is 24.3 Å². The predicted octanol–water partition coefficient (Wildman–Crippen LogP) is 2.49. The molecule has 4 nitrogen and oxygen atoms in total. The second-order valence-corrected chi connectivity index (χ2v) is 4.61. The summed E-state index contributed by atoms with van der Waals surface area (Å²) in [5.41, 5.74) is 0.598. The molecule has 1 N–H and O–H groups in total. The number of aromatic nitrogens is 2. The van der Waals surface area contributed by atoms with Gasteiger partial charge < -0.3 is 5.11 Å². The fourth-order valence-corrected chi connectivity index (χ4v) is 2.07. The van der Waals surface area contributed by atoms with Crippen molar-refractivity contribution in [3.05, 3.63) is 36.0 Å². The second-order valence-electron chi connectivity index (χ2n) is 3.10. The van der Waals surface area contributed by atoms with E-state index in [0.29, 0.717) is 10.5 Å². The highest BCUT2D eigenvalue weighted by Crippen LogP contribution is 2.32. The zero-order valence-corrected chi connectivity index (χ0v) is 10.2. The van der Waals surface area contributed by atoms with Crippen LogP contribution >= 0.6 is 24.4 Å². The standard InChI is InChI=1S/C11H7N3OS2/c12-5-7-1-3-8(4-2-7)17-9-6-13-11(16)14-10(9)15/h1-4,6H,(H2,13,14,15,16). The van der Waals surface area contributed by atoms with E-state index in [1.54, 1.807) is 24.3 Å². The van der Waals surface area contributed by atoms with Gasteiger partial charge in [0.15, 0.2) is 5.16 Å². The first kappa shape index (κ1) is 11.8. The summed E-state index contributed by atoms with van der Waals surface area (Å²) in [6, 6.07) is 9.08. The zero-order chi connectivity index (χ0) is 12.3. The van der Waals surface area contributed by atoms with E-state index in [9.17, 15) is 5.11 Å². The number of hydrogen-bond donors (Lipinski definition) is 2. The molecule has 0 unspecified atom stereocenters. The van der Waals surface area contributed by atoms with E-state index in [1.807, 2.05) is 6.07 Å². The fraction of sp³-hybridized carbons (Fsp3) is 0. The lowest BCUT2D eigenvalue weighted by molar-refractivity contribution is 0.431. The van der Waals surface area contributed by atoms with Crippen molar-refractivity contribution in [3.63, 3.8) is 0 Å². The summed E-state index contributed by atoms with van der Waals surface area (Å²) < 4.78 is 0. The topological polar surface area (TPSA) is 69.8 Å². The van der Waals surface area contributed by atoms with Crippen molar-refractivity contribution in [2.45, 2.75) is 14.9 Å². The van der Waals surface area contributed by atoms with Crippen LogP contribution in [-0.2, 0) is 0 Å². The molecule has 84 valence electrons. The van der Waals surface area contributed by atoms with E-state index in [2.05, 4.69) is 22.6 Å². The molecule has 0 atom stereocenters. The van der Waals surface area contributed by atoms with Gasteiger partial charge in [-0.15, -0.1) is 12.6 Å². The van der Waals surface area contributed by atoms with Crippen molar-refractivity contribution in [1.82, 2.24) is 9.97 Å². The largest absolute Gasteiger partial charge is 0.492 e. The summed E-state index contributed by atoms with van der Waals surface area (Å²) in [5.74, 6) is -0.0978. The highest BCUT2D eigenvalue weighted by atomic mass is 32.2. The Hall–Kier alpha value is -1.71. The van der Waals surface area contributed by atoms with Crippen molar-refractivity contribution >= 4 is 24.4 Å². The highest BCUT2D eigenvalue weighted by Gasteiger charge is 2.06. The number of nitrogens with zero attached hydrogens (tertiary/aromatic N) is 3. The number of benzene rings is 1. The quantitative estimate of drug-likeness (QED) is 0.642. The maximum atomic E-state index is 9.58. The van der Waals surface area contributed by atoms with Crippen LogP contribution in [0, 0.1) is 11.3 Å². The van der Waals surface area contributed by atoms with E-state index >= 15 is 0 Å². The molecule has 0 spiro atoms. The maximum Gasteiger partial charge on any atom is 0.229 e. The van der Waals surface area contributed by atoms with Gasteiger partial charge in [0, 0.05) is 11.1 Å². The van der Waals surface area contributed by atoms with Crippen LogP contribution in [0.15, 0.2) is 45.4 Å². The summed E-state index contributed by atoms with van der Waals surface area (Å²) in [6.45, 7) is 0. The molecule has 1 aromatic carbocycles. The van der Waals surface area contributed by atoms with Gasteiger partial charge in [-0.1, -0.05) is 11.8 Å². The molecule has 0 radical (unpaired) electrons. The highest BCUT2D eigenvalue weighted by molar-refractivity contribution is 7.99. The lowest BCUT2D eigenvalue weighted by atomic mass is 10.2. The van der Waals surface area contributed by atoms with Crippen molar-refractivity contribution in [1.29, 1.82) is 5.26 Å². The van der Waals surface area contributed by atoms with Crippen LogP contribution in [0.3, 0.4) is 0 Å². The number of rotatable bonds is 2. The van der Waals surface area contributed by atoms with Crippen molar-refractivity contribution in [3.8, 4) is 11.9 Å².